The molecule has 1 rings (SSSR count). The van der Waals surface area contributed by atoms with E-state index in [9.17, 15) is 9.59 Å². The fourth-order valence-corrected chi connectivity index (χ4v) is 1.84. The third-order valence-corrected chi connectivity index (χ3v) is 3.00. The predicted octanol–water partition coefficient (Wildman–Crippen LogP) is 0.0668. The lowest BCUT2D eigenvalue weighted by Gasteiger charge is -2.23. The van der Waals surface area contributed by atoms with Crippen molar-refractivity contribution in [1.82, 2.24) is 15.1 Å². The van der Waals surface area contributed by atoms with Gasteiger partial charge in [0.1, 0.15) is 0 Å². The van der Waals surface area contributed by atoms with Crippen LogP contribution in [-0.4, -0.2) is 61.4 Å². The van der Waals surface area contributed by atoms with E-state index >= 15 is 0 Å². The van der Waals surface area contributed by atoms with E-state index in [4.69, 9.17) is 0 Å². The molecule has 0 radical (unpaired) electrons. The van der Waals surface area contributed by atoms with E-state index < -0.39 is 0 Å². The minimum Gasteiger partial charge on any atom is -0.338 e. The Balaban J connectivity index is 2.46. The summed E-state index contributed by atoms with van der Waals surface area (Å²) >= 11 is 0. The van der Waals surface area contributed by atoms with Gasteiger partial charge in [-0.3, -0.25) is 9.59 Å². The fourth-order valence-electron chi connectivity index (χ4n) is 1.84. The molecule has 0 atom stereocenters. The van der Waals surface area contributed by atoms with E-state index in [1.807, 2.05) is 0 Å². The van der Waals surface area contributed by atoms with E-state index in [-0.39, 0.29) is 11.8 Å². The number of hydrogen-bond acceptors (Lipinski definition) is 3. The molecule has 0 bridgehead atoms. The van der Waals surface area contributed by atoms with Crippen LogP contribution in [0.25, 0.3) is 0 Å². The predicted molar refractivity (Wildman–Crippen MR) is 66.6 cm³/mol. The lowest BCUT2D eigenvalue weighted by atomic mass is 10.3. The molecule has 0 unspecified atom stereocenters. The normalized spacial score (nSPS) is 16.5. The van der Waals surface area contributed by atoms with Gasteiger partial charge in [0.25, 0.3) is 0 Å². The van der Waals surface area contributed by atoms with Gasteiger partial charge in [-0.15, -0.1) is 0 Å². The Hall–Kier alpha value is -1.10. The van der Waals surface area contributed by atoms with E-state index in [2.05, 4.69) is 12.2 Å². The molecule has 0 spiro atoms. The van der Waals surface area contributed by atoms with Crippen molar-refractivity contribution < 1.29 is 9.59 Å². The van der Waals surface area contributed by atoms with Crippen LogP contribution >= 0.6 is 0 Å². The van der Waals surface area contributed by atoms with Crippen molar-refractivity contribution in [3.63, 3.8) is 0 Å². The summed E-state index contributed by atoms with van der Waals surface area (Å²) in [5.74, 6) is -0.729. The van der Waals surface area contributed by atoms with Crippen LogP contribution in [0.2, 0.25) is 0 Å². The Morgan fingerprint density at radius 3 is 2.76 bits per heavy atom. The largest absolute Gasteiger partial charge is 0.338 e. The average Bonchev–Trinajstić information content (AvgIpc) is 2.62. The van der Waals surface area contributed by atoms with Crippen LogP contribution in [0.3, 0.4) is 0 Å². The first-order chi connectivity index (χ1) is 8.16. The second-order valence-electron chi connectivity index (χ2n) is 4.48. The maximum Gasteiger partial charge on any atom is 0.312 e. The van der Waals surface area contributed by atoms with Crippen LogP contribution in [0, 0.1) is 0 Å². The van der Waals surface area contributed by atoms with Gasteiger partial charge in [0.2, 0.25) is 0 Å². The van der Waals surface area contributed by atoms with Crippen molar-refractivity contribution in [3.8, 4) is 0 Å². The van der Waals surface area contributed by atoms with E-state index in [0.717, 1.165) is 32.4 Å². The first-order valence-electron chi connectivity index (χ1n) is 6.42. The van der Waals surface area contributed by atoms with E-state index in [1.54, 1.807) is 11.9 Å². The Morgan fingerprint density at radius 1 is 1.29 bits per heavy atom. The number of hydrogen-bond donors (Lipinski definition) is 1. The minimum atomic E-state index is -0.375. The zero-order chi connectivity index (χ0) is 12.7. The van der Waals surface area contributed by atoms with Crippen LogP contribution in [0.5, 0.6) is 0 Å². The number of carbonyl (C=O) groups is 2. The number of unbranched alkanes of at least 4 members (excludes halogenated alkanes) is 1. The monoisotopic (exact) mass is 241 g/mol. The van der Waals surface area contributed by atoms with Crippen molar-refractivity contribution >= 4 is 11.8 Å². The maximum absolute atomic E-state index is 12.0. The summed E-state index contributed by atoms with van der Waals surface area (Å²) < 4.78 is 0. The lowest BCUT2D eigenvalue weighted by molar-refractivity contribution is -0.150. The van der Waals surface area contributed by atoms with E-state index in [1.165, 1.54) is 4.90 Å². The smallest absolute Gasteiger partial charge is 0.312 e. The highest BCUT2D eigenvalue weighted by molar-refractivity contribution is 6.34. The molecule has 0 aromatic rings. The van der Waals surface area contributed by atoms with Gasteiger partial charge in [-0.25, -0.2) is 0 Å². The van der Waals surface area contributed by atoms with Crippen LogP contribution < -0.4 is 5.32 Å². The Labute approximate surface area is 103 Å². The van der Waals surface area contributed by atoms with Gasteiger partial charge in [0.15, 0.2) is 0 Å². The first-order valence-corrected chi connectivity index (χ1v) is 6.42. The Bertz CT molecular complexity index is 260. The Morgan fingerprint density at radius 2 is 2.06 bits per heavy atom. The molecule has 0 saturated carbocycles. The average molecular weight is 241 g/mol. The van der Waals surface area contributed by atoms with E-state index in [0.29, 0.717) is 19.6 Å². The molecule has 1 aliphatic heterocycles. The molecule has 1 fully saturated rings. The highest BCUT2D eigenvalue weighted by Gasteiger charge is 2.24. The molecular formula is C12H23N3O2. The summed E-state index contributed by atoms with van der Waals surface area (Å²) in [4.78, 5) is 27.0. The van der Waals surface area contributed by atoms with Crippen LogP contribution in [0.1, 0.15) is 26.2 Å². The van der Waals surface area contributed by atoms with Crippen LogP contribution in [-0.2, 0) is 9.59 Å². The second-order valence-corrected chi connectivity index (χ2v) is 4.48. The highest BCUT2D eigenvalue weighted by Crippen LogP contribution is 2.00. The SMILES string of the molecule is CCCCN(C)C(=O)C(=O)N1CCCNCC1. The van der Waals surface area contributed by atoms with Gasteiger partial charge in [0, 0.05) is 33.2 Å². The third kappa shape index (κ3) is 4.34. The van der Waals surface area contributed by atoms with Gasteiger partial charge >= 0.3 is 11.8 Å². The zero-order valence-corrected chi connectivity index (χ0v) is 10.9. The summed E-state index contributed by atoms with van der Waals surface area (Å²) in [5, 5.41) is 3.22. The molecule has 2 amide bonds. The Kier molecular flexibility index (Phi) is 5.97. The molecule has 1 heterocycles. The van der Waals surface area contributed by atoms with Crippen molar-refractivity contribution in [2.45, 2.75) is 26.2 Å². The summed E-state index contributed by atoms with van der Waals surface area (Å²) in [6.07, 6.45) is 2.88. The molecule has 0 aromatic carbocycles. The molecule has 98 valence electrons. The van der Waals surface area contributed by atoms with Gasteiger partial charge in [-0.1, -0.05) is 13.3 Å². The molecule has 5 nitrogen and oxygen atoms in total. The number of likely N-dealkylation sites (N-methyl/N-ethyl adjacent to an activating group) is 1. The van der Waals surface area contributed by atoms with Crippen LogP contribution in [0.15, 0.2) is 0 Å². The molecule has 1 N–H and O–H groups in total. The molecule has 5 heteroatoms. The zero-order valence-electron chi connectivity index (χ0n) is 10.9. The number of carbonyl (C=O) groups excluding carboxylic acids is 2. The van der Waals surface area contributed by atoms with Gasteiger partial charge in [-0.05, 0) is 19.4 Å². The summed E-state index contributed by atoms with van der Waals surface area (Å²) in [6, 6.07) is 0. The molecule has 1 saturated heterocycles. The summed E-state index contributed by atoms with van der Waals surface area (Å²) in [5.41, 5.74) is 0. The van der Waals surface area contributed by atoms with Crippen LogP contribution in [0.4, 0.5) is 0 Å². The number of nitrogens with one attached hydrogen (secondary N) is 1. The van der Waals surface area contributed by atoms with Crippen molar-refractivity contribution in [2.75, 3.05) is 39.8 Å². The lowest BCUT2D eigenvalue weighted by Crippen LogP contribution is -2.45. The van der Waals surface area contributed by atoms with Crippen molar-refractivity contribution in [2.24, 2.45) is 0 Å². The van der Waals surface area contributed by atoms with Crippen molar-refractivity contribution in [1.29, 1.82) is 0 Å². The van der Waals surface area contributed by atoms with Gasteiger partial charge < -0.3 is 15.1 Å². The molecule has 0 aromatic heterocycles. The molecule has 0 aliphatic carbocycles. The van der Waals surface area contributed by atoms with Gasteiger partial charge in [0.05, 0.1) is 0 Å². The molecular weight excluding hydrogens is 218 g/mol. The fraction of sp³-hybridized carbons (Fsp3) is 0.833. The summed E-state index contributed by atoms with van der Waals surface area (Å²) in [7, 11) is 1.70. The summed E-state index contributed by atoms with van der Waals surface area (Å²) in [6.45, 7) is 5.74. The topological polar surface area (TPSA) is 52.7 Å². The first kappa shape index (κ1) is 14.0. The second kappa shape index (κ2) is 7.27. The molecule has 1 aliphatic rings. The highest BCUT2D eigenvalue weighted by atomic mass is 16.2. The maximum atomic E-state index is 12.0. The quantitative estimate of drug-likeness (QED) is 0.711. The standard InChI is InChI=1S/C12H23N3O2/c1-3-4-8-14(2)11(16)12(17)15-9-5-6-13-7-10-15/h13H,3-10H2,1-2H3. The minimum absolute atomic E-state index is 0.354. The number of rotatable bonds is 3. The third-order valence-electron chi connectivity index (χ3n) is 3.00. The number of nitrogens with zero attached hydrogens (tertiary/aromatic N) is 2. The molecule has 17 heavy (non-hydrogen) atoms. The number of amides is 2. The van der Waals surface area contributed by atoms with Gasteiger partial charge in [-0.2, -0.15) is 0 Å². The van der Waals surface area contributed by atoms with Crippen molar-refractivity contribution in [3.05, 3.63) is 0 Å².